The summed E-state index contributed by atoms with van der Waals surface area (Å²) in [6, 6.07) is 6.59. The smallest absolute Gasteiger partial charge is 0.0925 e. The van der Waals surface area contributed by atoms with Gasteiger partial charge in [-0.15, -0.1) is 0 Å². The number of aryl methyl sites for hydroxylation is 4. The van der Waals surface area contributed by atoms with E-state index < -0.39 is 0 Å². The maximum atomic E-state index is 5.65. The molecule has 0 aliphatic rings. The van der Waals surface area contributed by atoms with Crippen molar-refractivity contribution in [3.8, 4) is 0 Å². The van der Waals surface area contributed by atoms with Crippen molar-refractivity contribution in [1.29, 1.82) is 0 Å². The largest absolute Gasteiger partial charge is 0.347 e. The lowest BCUT2D eigenvalue weighted by Crippen LogP contribution is -2.03. The number of hydrogen-bond donors (Lipinski definition) is 2. The predicted octanol–water partition coefficient (Wildman–Crippen LogP) is 2.27. The molecular weight excluding hydrogens is 210 g/mol. The normalized spacial score (nSPS) is 10.8. The number of aromatic nitrogens is 2. The van der Waals surface area contributed by atoms with Crippen LogP contribution >= 0.6 is 0 Å². The summed E-state index contributed by atoms with van der Waals surface area (Å²) in [7, 11) is 0. The van der Waals surface area contributed by atoms with Crippen LogP contribution in [0.2, 0.25) is 0 Å². The highest BCUT2D eigenvalue weighted by Gasteiger charge is 2.05. The molecule has 2 aromatic rings. The summed E-state index contributed by atoms with van der Waals surface area (Å²) in [6.07, 6.45) is 3.69. The Balaban J connectivity index is 2.09. The Morgan fingerprint density at radius 1 is 1.24 bits per heavy atom. The fourth-order valence-electron chi connectivity index (χ4n) is 2.06. The molecule has 1 aromatic carbocycles. The lowest BCUT2D eigenvalue weighted by molar-refractivity contribution is 0.879. The summed E-state index contributed by atoms with van der Waals surface area (Å²) in [5.41, 5.74) is 11.8. The van der Waals surface area contributed by atoms with Crippen molar-refractivity contribution in [3.63, 3.8) is 0 Å². The molecule has 0 saturated carbocycles. The first-order valence-corrected chi connectivity index (χ1v) is 5.98. The lowest BCUT2D eigenvalue weighted by Gasteiger charge is -2.06. The van der Waals surface area contributed by atoms with Gasteiger partial charge in [-0.05, 0) is 37.8 Å². The third-order valence-electron chi connectivity index (χ3n) is 3.15. The van der Waals surface area contributed by atoms with Crippen LogP contribution in [0.15, 0.2) is 24.5 Å². The number of hydrogen-bond acceptors (Lipinski definition) is 2. The summed E-state index contributed by atoms with van der Waals surface area (Å²) in [5.74, 6) is 0. The molecule has 0 fully saturated rings. The maximum absolute atomic E-state index is 5.65. The Morgan fingerprint density at radius 3 is 2.82 bits per heavy atom. The number of H-pyrrole nitrogens is 1. The van der Waals surface area contributed by atoms with Gasteiger partial charge in [0.1, 0.15) is 0 Å². The molecule has 0 aliphatic heterocycles. The van der Waals surface area contributed by atoms with Crippen LogP contribution < -0.4 is 5.73 Å². The Bertz CT molecular complexity index is 500. The van der Waals surface area contributed by atoms with Gasteiger partial charge < -0.3 is 10.7 Å². The van der Waals surface area contributed by atoms with Crippen molar-refractivity contribution in [1.82, 2.24) is 9.97 Å². The van der Waals surface area contributed by atoms with Gasteiger partial charge in [0.05, 0.1) is 17.7 Å². The zero-order chi connectivity index (χ0) is 12.3. The molecular formula is C14H19N3. The Hall–Kier alpha value is -1.61. The molecule has 0 aliphatic carbocycles. The van der Waals surface area contributed by atoms with Gasteiger partial charge in [-0.25, -0.2) is 4.98 Å². The van der Waals surface area contributed by atoms with Crippen molar-refractivity contribution in [2.24, 2.45) is 5.73 Å². The van der Waals surface area contributed by atoms with Crippen LogP contribution in [0, 0.1) is 13.8 Å². The van der Waals surface area contributed by atoms with Crippen molar-refractivity contribution in [3.05, 3.63) is 52.6 Å². The molecule has 1 heterocycles. The molecule has 3 heteroatoms. The quantitative estimate of drug-likeness (QED) is 0.845. The molecule has 0 bridgehead atoms. The van der Waals surface area contributed by atoms with Gasteiger partial charge in [0.2, 0.25) is 0 Å². The van der Waals surface area contributed by atoms with Gasteiger partial charge in [0.15, 0.2) is 0 Å². The van der Waals surface area contributed by atoms with E-state index >= 15 is 0 Å². The highest BCUT2D eigenvalue weighted by atomic mass is 14.9. The molecule has 3 N–H and O–H groups in total. The fraction of sp³-hybridized carbons (Fsp3) is 0.357. The van der Waals surface area contributed by atoms with E-state index in [1.165, 1.54) is 16.7 Å². The standard InChI is InChI=1S/C14H19N3/c1-10-3-4-11(2)12(7-10)5-6-13-14(8-15)17-9-16-13/h3-4,7,9H,5-6,8,15H2,1-2H3,(H,16,17). The molecule has 0 amide bonds. The Kier molecular flexibility index (Phi) is 3.59. The number of imidazole rings is 1. The molecule has 0 atom stereocenters. The minimum atomic E-state index is 0.530. The SMILES string of the molecule is Cc1ccc(C)c(CCc2nc[nH]c2CN)c1. The zero-order valence-electron chi connectivity index (χ0n) is 10.5. The number of benzene rings is 1. The molecule has 0 spiro atoms. The predicted molar refractivity (Wildman–Crippen MR) is 69.8 cm³/mol. The molecule has 0 radical (unpaired) electrons. The summed E-state index contributed by atoms with van der Waals surface area (Å²) >= 11 is 0. The third kappa shape index (κ3) is 2.74. The monoisotopic (exact) mass is 229 g/mol. The van der Waals surface area contributed by atoms with E-state index in [9.17, 15) is 0 Å². The van der Waals surface area contributed by atoms with Gasteiger partial charge in [-0.1, -0.05) is 23.8 Å². The molecule has 17 heavy (non-hydrogen) atoms. The van der Waals surface area contributed by atoms with Gasteiger partial charge in [0.25, 0.3) is 0 Å². The minimum Gasteiger partial charge on any atom is -0.347 e. The van der Waals surface area contributed by atoms with Crippen molar-refractivity contribution >= 4 is 0 Å². The number of nitrogens with one attached hydrogen (secondary N) is 1. The Labute approximate surface area is 102 Å². The lowest BCUT2D eigenvalue weighted by atomic mass is 10.00. The Morgan fingerprint density at radius 2 is 2.06 bits per heavy atom. The van der Waals surface area contributed by atoms with Gasteiger partial charge in [-0.2, -0.15) is 0 Å². The molecule has 2 rings (SSSR count). The number of aromatic amines is 1. The van der Waals surface area contributed by atoms with E-state index in [4.69, 9.17) is 5.73 Å². The van der Waals surface area contributed by atoms with Crippen LogP contribution in [0.1, 0.15) is 28.1 Å². The second-order valence-electron chi connectivity index (χ2n) is 4.46. The van der Waals surface area contributed by atoms with E-state index in [-0.39, 0.29) is 0 Å². The van der Waals surface area contributed by atoms with Crippen LogP contribution in [0.3, 0.4) is 0 Å². The highest BCUT2D eigenvalue weighted by Crippen LogP contribution is 2.14. The number of nitrogens with two attached hydrogens (primary N) is 1. The number of nitrogens with zero attached hydrogens (tertiary/aromatic N) is 1. The fourth-order valence-corrected chi connectivity index (χ4v) is 2.06. The second kappa shape index (κ2) is 5.15. The number of rotatable bonds is 4. The zero-order valence-corrected chi connectivity index (χ0v) is 10.5. The highest BCUT2D eigenvalue weighted by molar-refractivity contribution is 5.31. The van der Waals surface area contributed by atoms with Crippen LogP contribution in [0.25, 0.3) is 0 Å². The molecule has 90 valence electrons. The molecule has 0 saturated heterocycles. The van der Waals surface area contributed by atoms with E-state index in [1.54, 1.807) is 6.33 Å². The summed E-state index contributed by atoms with van der Waals surface area (Å²) in [4.78, 5) is 7.40. The first-order valence-electron chi connectivity index (χ1n) is 5.98. The van der Waals surface area contributed by atoms with E-state index in [1.807, 2.05) is 0 Å². The average molecular weight is 229 g/mol. The third-order valence-corrected chi connectivity index (χ3v) is 3.15. The summed E-state index contributed by atoms with van der Waals surface area (Å²) in [6.45, 7) is 4.81. The van der Waals surface area contributed by atoms with E-state index in [2.05, 4.69) is 42.0 Å². The molecule has 1 aromatic heterocycles. The van der Waals surface area contributed by atoms with Gasteiger partial charge in [0, 0.05) is 6.54 Å². The van der Waals surface area contributed by atoms with Crippen LogP contribution in [0.5, 0.6) is 0 Å². The van der Waals surface area contributed by atoms with Crippen LogP contribution in [-0.2, 0) is 19.4 Å². The second-order valence-corrected chi connectivity index (χ2v) is 4.46. The molecule has 0 unspecified atom stereocenters. The first kappa shape index (κ1) is 11.9. The summed E-state index contributed by atoms with van der Waals surface area (Å²) in [5, 5.41) is 0. The van der Waals surface area contributed by atoms with Crippen molar-refractivity contribution in [2.45, 2.75) is 33.2 Å². The average Bonchev–Trinajstić information content (AvgIpc) is 2.77. The van der Waals surface area contributed by atoms with Crippen molar-refractivity contribution < 1.29 is 0 Å². The molecule has 3 nitrogen and oxygen atoms in total. The maximum Gasteiger partial charge on any atom is 0.0925 e. The van der Waals surface area contributed by atoms with E-state index in [0.717, 1.165) is 24.2 Å². The van der Waals surface area contributed by atoms with Crippen LogP contribution in [-0.4, -0.2) is 9.97 Å². The van der Waals surface area contributed by atoms with Crippen LogP contribution in [0.4, 0.5) is 0 Å². The van der Waals surface area contributed by atoms with Crippen molar-refractivity contribution in [2.75, 3.05) is 0 Å². The van der Waals surface area contributed by atoms with Gasteiger partial charge >= 0.3 is 0 Å². The summed E-state index contributed by atoms with van der Waals surface area (Å²) < 4.78 is 0. The van der Waals surface area contributed by atoms with Gasteiger partial charge in [-0.3, -0.25) is 0 Å². The topological polar surface area (TPSA) is 54.7 Å². The van der Waals surface area contributed by atoms with E-state index in [0.29, 0.717) is 6.54 Å². The first-order chi connectivity index (χ1) is 8.20. The minimum absolute atomic E-state index is 0.530.